The second-order valence-electron chi connectivity index (χ2n) is 4.46. The van der Waals surface area contributed by atoms with Gasteiger partial charge in [0.15, 0.2) is 0 Å². The molecule has 0 aromatic heterocycles. The SMILES string of the molecule is C/C=C\c1ccc2c(c1)C(C)C(C)N2C. The van der Waals surface area contributed by atoms with E-state index in [0.29, 0.717) is 12.0 Å². The van der Waals surface area contributed by atoms with Crippen molar-refractivity contribution in [1.29, 1.82) is 0 Å². The maximum absolute atomic E-state index is 2.37. The summed E-state index contributed by atoms with van der Waals surface area (Å²) < 4.78 is 0. The van der Waals surface area contributed by atoms with Gasteiger partial charge in [0.25, 0.3) is 0 Å². The maximum atomic E-state index is 2.37. The lowest BCUT2D eigenvalue weighted by molar-refractivity contribution is 0.626. The molecule has 0 saturated heterocycles. The molecule has 0 N–H and O–H groups in total. The Hall–Kier alpha value is -1.24. The van der Waals surface area contributed by atoms with Crippen LogP contribution in [0.25, 0.3) is 6.08 Å². The number of rotatable bonds is 1. The molecule has 2 rings (SSSR count). The van der Waals surface area contributed by atoms with Gasteiger partial charge in [-0.05, 0) is 37.1 Å². The highest BCUT2D eigenvalue weighted by Gasteiger charge is 2.29. The molecule has 0 radical (unpaired) electrons. The molecule has 15 heavy (non-hydrogen) atoms. The van der Waals surface area contributed by atoms with Crippen molar-refractivity contribution < 1.29 is 0 Å². The number of hydrogen-bond acceptors (Lipinski definition) is 1. The summed E-state index contributed by atoms with van der Waals surface area (Å²) in [6, 6.07) is 7.37. The lowest BCUT2D eigenvalue weighted by Crippen LogP contribution is -2.25. The monoisotopic (exact) mass is 201 g/mol. The standard InChI is InChI=1S/C14H19N/c1-5-6-12-7-8-14-13(9-12)10(2)11(3)15(14)4/h5-11H,1-4H3/b6-5-. The number of hydrogen-bond donors (Lipinski definition) is 0. The Balaban J connectivity index is 2.46. The van der Waals surface area contributed by atoms with Crippen LogP contribution < -0.4 is 4.90 Å². The second kappa shape index (κ2) is 3.73. The fourth-order valence-electron chi connectivity index (χ4n) is 2.37. The molecule has 1 heterocycles. The predicted molar refractivity (Wildman–Crippen MR) is 67.4 cm³/mol. The molecule has 2 unspecified atom stereocenters. The molecular weight excluding hydrogens is 182 g/mol. The minimum Gasteiger partial charge on any atom is -0.371 e. The fraction of sp³-hybridized carbons (Fsp3) is 0.429. The molecule has 0 aliphatic carbocycles. The van der Waals surface area contributed by atoms with Crippen LogP contribution in [0, 0.1) is 0 Å². The summed E-state index contributed by atoms with van der Waals surface area (Å²) in [6.45, 7) is 6.66. The van der Waals surface area contributed by atoms with Crippen LogP contribution in [0.3, 0.4) is 0 Å². The molecule has 1 heteroatoms. The molecule has 1 aromatic rings. The first-order valence-corrected chi connectivity index (χ1v) is 5.64. The Morgan fingerprint density at radius 2 is 2.00 bits per heavy atom. The van der Waals surface area contributed by atoms with Crippen molar-refractivity contribution in [3.8, 4) is 0 Å². The summed E-state index contributed by atoms with van der Waals surface area (Å²) in [4.78, 5) is 2.37. The zero-order valence-electron chi connectivity index (χ0n) is 9.99. The third-order valence-corrected chi connectivity index (χ3v) is 3.62. The molecule has 0 fully saturated rings. The van der Waals surface area contributed by atoms with Gasteiger partial charge in [0.1, 0.15) is 0 Å². The highest BCUT2D eigenvalue weighted by Crippen LogP contribution is 2.39. The minimum absolute atomic E-state index is 0.612. The second-order valence-corrected chi connectivity index (χ2v) is 4.46. The van der Waals surface area contributed by atoms with E-state index in [0.717, 1.165) is 0 Å². The Morgan fingerprint density at radius 1 is 1.27 bits per heavy atom. The Kier molecular flexibility index (Phi) is 2.56. The summed E-state index contributed by atoms with van der Waals surface area (Å²) >= 11 is 0. The van der Waals surface area contributed by atoms with E-state index in [1.165, 1.54) is 16.8 Å². The fourth-order valence-corrected chi connectivity index (χ4v) is 2.37. The van der Waals surface area contributed by atoms with Crippen LogP contribution in [0.1, 0.15) is 37.8 Å². The third-order valence-electron chi connectivity index (χ3n) is 3.62. The smallest absolute Gasteiger partial charge is 0.0402 e. The van der Waals surface area contributed by atoms with E-state index in [-0.39, 0.29) is 0 Å². The molecule has 0 spiro atoms. The number of allylic oxidation sites excluding steroid dienone is 1. The molecule has 1 aliphatic heterocycles. The van der Waals surface area contributed by atoms with Gasteiger partial charge in [0.05, 0.1) is 0 Å². The Morgan fingerprint density at radius 3 is 2.67 bits per heavy atom. The van der Waals surface area contributed by atoms with Crippen LogP contribution in [0.4, 0.5) is 5.69 Å². The van der Waals surface area contributed by atoms with Crippen molar-refractivity contribution in [3.05, 3.63) is 35.4 Å². The van der Waals surface area contributed by atoms with Gasteiger partial charge in [0.2, 0.25) is 0 Å². The summed E-state index contributed by atoms with van der Waals surface area (Å²) in [6.07, 6.45) is 4.25. The van der Waals surface area contributed by atoms with Crippen molar-refractivity contribution in [2.24, 2.45) is 0 Å². The first-order chi connectivity index (χ1) is 7.15. The normalized spacial score (nSPS) is 24.9. The van der Waals surface area contributed by atoms with Crippen molar-refractivity contribution in [3.63, 3.8) is 0 Å². The van der Waals surface area contributed by atoms with Crippen molar-refractivity contribution >= 4 is 11.8 Å². The number of fused-ring (bicyclic) bond motifs is 1. The first-order valence-electron chi connectivity index (χ1n) is 5.64. The highest BCUT2D eigenvalue weighted by molar-refractivity contribution is 5.65. The third kappa shape index (κ3) is 1.56. The lowest BCUT2D eigenvalue weighted by atomic mass is 9.96. The largest absolute Gasteiger partial charge is 0.371 e. The molecule has 2 atom stereocenters. The molecule has 1 aromatic carbocycles. The predicted octanol–water partition coefficient (Wildman–Crippen LogP) is 3.66. The van der Waals surface area contributed by atoms with Crippen LogP contribution in [-0.2, 0) is 0 Å². The number of nitrogens with zero attached hydrogens (tertiary/aromatic N) is 1. The quantitative estimate of drug-likeness (QED) is 0.670. The van der Waals surface area contributed by atoms with Crippen molar-refractivity contribution in [1.82, 2.24) is 0 Å². The molecule has 1 aliphatic rings. The van der Waals surface area contributed by atoms with E-state index in [9.17, 15) is 0 Å². The minimum atomic E-state index is 0.612. The lowest BCUT2D eigenvalue weighted by Gasteiger charge is -2.20. The zero-order valence-corrected chi connectivity index (χ0v) is 9.99. The van der Waals surface area contributed by atoms with Crippen molar-refractivity contribution in [2.45, 2.75) is 32.7 Å². The van der Waals surface area contributed by atoms with E-state index in [1.54, 1.807) is 0 Å². The number of anilines is 1. The van der Waals surface area contributed by atoms with Gasteiger partial charge < -0.3 is 4.90 Å². The van der Waals surface area contributed by atoms with E-state index >= 15 is 0 Å². The van der Waals surface area contributed by atoms with E-state index in [4.69, 9.17) is 0 Å². The van der Waals surface area contributed by atoms with Crippen LogP contribution in [0.15, 0.2) is 24.3 Å². The van der Waals surface area contributed by atoms with Gasteiger partial charge >= 0.3 is 0 Å². The van der Waals surface area contributed by atoms with E-state index in [2.05, 4.69) is 63.1 Å². The summed E-state index contributed by atoms with van der Waals surface area (Å²) in [5.41, 5.74) is 4.19. The molecule has 0 amide bonds. The molecule has 0 saturated carbocycles. The summed E-state index contributed by atoms with van der Waals surface area (Å²) in [5, 5.41) is 0. The number of benzene rings is 1. The molecule has 80 valence electrons. The van der Waals surface area contributed by atoms with Gasteiger partial charge in [-0.15, -0.1) is 0 Å². The average Bonchev–Trinajstić information content (AvgIpc) is 2.45. The Bertz CT molecular complexity index is 392. The average molecular weight is 201 g/mol. The first kappa shape index (κ1) is 10.3. The van der Waals surface area contributed by atoms with E-state index in [1.807, 2.05) is 0 Å². The number of likely N-dealkylation sites (N-methyl/N-ethyl adjacent to an activating group) is 1. The zero-order chi connectivity index (χ0) is 11.0. The maximum Gasteiger partial charge on any atom is 0.0402 e. The molecular formula is C14H19N. The molecule has 0 bridgehead atoms. The van der Waals surface area contributed by atoms with Crippen LogP contribution >= 0.6 is 0 Å². The van der Waals surface area contributed by atoms with Gasteiger partial charge in [-0.25, -0.2) is 0 Å². The van der Waals surface area contributed by atoms with Gasteiger partial charge in [0, 0.05) is 24.7 Å². The van der Waals surface area contributed by atoms with Crippen LogP contribution in [0.5, 0.6) is 0 Å². The van der Waals surface area contributed by atoms with Crippen LogP contribution in [-0.4, -0.2) is 13.1 Å². The molecule has 1 nitrogen and oxygen atoms in total. The van der Waals surface area contributed by atoms with Gasteiger partial charge in [-0.2, -0.15) is 0 Å². The van der Waals surface area contributed by atoms with Crippen LogP contribution in [0.2, 0.25) is 0 Å². The highest BCUT2D eigenvalue weighted by atomic mass is 15.2. The van der Waals surface area contributed by atoms with Gasteiger partial charge in [-0.1, -0.05) is 25.1 Å². The van der Waals surface area contributed by atoms with Crippen molar-refractivity contribution in [2.75, 3.05) is 11.9 Å². The van der Waals surface area contributed by atoms with Gasteiger partial charge in [-0.3, -0.25) is 0 Å². The topological polar surface area (TPSA) is 3.24 Å². The van der Waals surface area contributed by atoms with E-state index < -0.39 is 0 Å². The summed E-state index contributed by atoms with van der Waals surface area (Å²) in [5.74, 6) is 0.634. The summed E-state index contributed by atoms with van der Waals surface area (Å²) in [7, 11) is 2.18. The Labute approximate surface area is 92.4 Å².